The lowest BCUT2D eigenvalue weighted by molar-refractivity contribution is 0.0534. The Labute approximate surface area is 201 Å². The number of nitrogens with zero attached hydrogens (tertiary/aromatic N) is 3. The molecule has 2 aromatic carbocycles. The van der Waals surface area contributed by atoms with Gasteiger partial charge in [-0.1, -0.05) is 17.3 Å². The highest BCUT2D eigenvalue weighted by atomic mass is 32.2. The van der Waals surface area contributed by atoms with Crippen LogP contribution in [-0.4, -0.2) is 49.2 Å². The van der Waals surface area contributed by atoms with Gasteiger partial charge < -0.3 is 20.3 Å². The number of hydrogen-bond acceptors (Lipinski definition) is 7. The standard InChI is InChI=1S/C24H27FN4O4S/c1-24(2,3)33-23(32)26-8-7-18(25)15-34-21-6-4-5-16(9-21)13-29-14-22(27-28-29)17-10-19(30)12-20(31)11-17/h4-7,9-12,14,30-31H,8,13,15H2,1-3H3,(H,26,32)/b18-7-. The van der Waals surface area contributed by atoms with Crippen molar-refractivity contribution in [2.24, 2.45) is 0 Å². The van der Waals surface area contributed by atoms with Gasteiger partial charge in [0.1, 0.15) is 28.6 Å². The molecular formula is C24H27FN4O4S. The highest BCUT2D eigenvalue weighted by Gasteiger charge is 2.15. The number of ether oxygens (including phenoxy) is 1. The third-order valence-corrected chi connectivity index (χ3v) is 5.33. The van der Waals surface area contributed by atoms with E-state index in [0.717, 1.165) is 10.5 Å². The Bertz CT molecular complexity index is 1150. The second kappa shape index (κ2) is 11.1. The highest BCUT2D eigenvalue weighted by molar-refractivity contribution is 7.99. The average Bonchev–Trinajstić information content (AvgIpc) is 3.19. The molecule has 180 valence electrons. The van der Waals surface area contributed by atoms with Gasteiger partial charge in [0, 0.05) is 28.8 Å². The van der Waals surface area contributed by atoms with Crippen molar-refractivity contribution >= 4 is 17.9 Å². The molecule has 3 rings (SSSR count). The third kappa shape index (κ3) is 8.11. The number of nitrogens with one attached hydrogen (secondary N) is 1. The van der Waals surface area contributed by atoms with Crippen LogP contribution in [0.3, 0.4) is 0 Å². The maximum absolute atomic E-state index is 14.1. The molecule has 10 heteroatoms. The molecule has 0 atom stereocenters. The van der Waals surface area contributed by atoms with Gasteiger partial charge in [-0.2, -0.15) is 0 Å². The Morgan fingerprint density at radius 3 is 2.65 bits per heavy atom. The summed E-state index contributed by atoms with van der Waals surface area (Å²) in [5.41, 5.74) is 1.42. The van der Waals surface area contributed by atoms with Crippen molar-refractivity contribution in [1.82, 2.24) is 20.3 Å². The lowest BCUT2D eigenvalue weighted by atomic mass is 10.1. The van der Waals surface area contributed by atoms with Crippen LogP contribution in [0.4, 0.5) is 9.18 Å². The molecule has 1 heterocycles. The molecule has 0 saturated carbocycles. The lowest BCUT2D eigenvalue weighted by Gasteiger charge is -2.19. The number of benzene rings is 2. The Hall–Kier alpha value is -3.53. The van der Waals surface area contributed by atoms with Crippen LogP contribution in [0, 0.1) is 0 Å². The molecule has 0 unspecified atom stereocenters. The van der Waals surface area contributed by atoms with E-state index in [1.165, 1.54) is 36.0 Å². The van der Waals surface area contributed by atoms with Crippen molar-refractivity contribution in [1.29, 1.82) is 0 Å². The second-order valence-electron chi connectivity index (χ2n) is 8.51. The van der Waals surface area contributed by atoms with E-state index in [-0.39, 0.29) is 29.6 Å². The SMILES string of the molecule is CC(C)(C)OC(=O)NC/C=C(\F)CSc1cccc(Cn2cc(-c3cc(O)cc(O)c3)nn2)c1. The number of carbonyl (C=O) groups is 1. The van der Waals surface area contributed by atoms with E-state index >= 15 is 0 Å². The lowest BCUT2D eigenvalue weighted by Crippen LogP contribution is -2.32. The molecule has 8 nitrogen and oxygen atoms in total. The Balaban J connectivity index is 1.53. The summed E-state index contributed by atoms with van der Waals surface area (Å²) in [4.78, 5) is 12.5. The number of hydrogen-bond donors (Lipinski definition) is 3. The fourth-order valence-corrected chi connectivity index (χ4v) is 3.77. The van der Waals surface area contributed by atoms with Crippen molar-refractivity contribution in [3.8, 4) is 22.8 Å². The van der Waals surface area contributed by atoms with Crippen LogP contribution >= 0.6 is 11.8 Å². The van der Waals surface area contributed by atoms with E-state index in [1.54, 1.807) is 31.6 Å². The minimum atomic E-state index is -0.603. The summed E-state index contributed by atoms with van der Waals surface area (Å²) in [7, 11) is 0. The van der Waals surface area contributed by atoms with Crippen molar-refractivity contribution in [2.45, 2.75) is 37.8 Å². The average molecular weight is 487 g/mol. The number of halogens is 1. The molecular weight excluding hydrogens is 459 g/mol. The molecule has 0 saturated heterocycles. The topological polar surface area (TPSA) is 110 Å². The minimum absolute atomic E-state index is 0.0486. The summed E-state index contributed by atoms with van der Waals surface area (Å²) >= 11 is 1.34. The van der Waals surface area contributed by atoms with Crippen molar-refractivity contribution < 1.29 is 24.1 Å². The number of phenolic OH excluding ortho intramolecular Hbond substituents is 2. The number of carbonyl (C=O) groups excluding carboxylic acids is 1. The molecule has 0 aliphatic carbocycles. The fraction of sp³-hybridized carbons (Fsp3) is 0.292. The molecule has 34 heavy (non-hydrogen) atoms. The van der Waals surface area contributed by atoms with E-state index in [2.05, 4.69) is 15.6 Å². The van der Waals surface area contributed by atoms with E-state index in [1.807, 2.05) is 24.3 Å². The molecule has 1 aromatic heterocycles. The zero-order chi connectivity index (χ0) is 24.7. The van der Waals surface area contributed by atoms with Gasteiger partial charge in [0.2, 0.25) is 0 Å². The highest BCUT2D eigenvalue weighted by Crippen LogP contribution is 2.27. The first-order valence-electron chi connectivity index (χ1n) is 10.5. The Morgan fingerprint density at radius 1 is 1.21 bits per heavy atom. The van der Waals surface area contributed by atoms with Gasteiger partial charge in [0.05, 0.1) is 12.7 Å². The number of aromatic hydroxyl groups is 2. The predicted molar refractivity (Wildman–Crippen MR) is 128 cm³/mol. The fourth-order valence-electron chi connectivity index (χ4n) is 2.94. The number of rotatable bonds is 8. The van der Waals surface area contributed by atoms with Gasteiger partial charge in [-0.15, -0.1) is 16.9 Å². The number of alkyl carbamates (subject to hydrolysis) is 1. The quantitative estimate of drug-likeness (QED) is 0.390. The van der Waals surface area contributed by atoms with Crippen LogP contribution in [0.2, 0.25) is 0 Å². The summed E-state index contributed by atoms with van der Waals surface area (Å²) in [6, 6.07) is 11.9. The molecule has 3 aromatic rings. The normalized spacial score (nSPS) is 11.9. The van der Waals surface area contributed by atoms with Crippen LogP contribution in [-0.2, 0) is 11.3 Å². The first kappa shape index (κ1) is 25.1. The number of thioether (sulfide) groups is 1. The Morgan fingerprint density at radius 2 is 1.94 bits per heavy atom. The molecule has 0 aliphatic rings. The summed E-state index contributed by atoms with van der Waals surface area (Å²) < 4.78 is 20.9. The van der Waals surface area contributed by atoms with E-state index < -0.39 is 11.7 Å². The van der Waals surface area contributed by atoms with Crippen LogP contribution in [0.25, 0.3) is 11.3 Å². The predicted octanol–water partition coefficient (Wildman–Crippen LogP) is 4.87. The van der Waals surface area contributed by atoms with Crippen molar-refractivity contribution in [3.05, 3.63) is 66.1 Å². The zero-order valence-corrected chi connectivity index (χ0v) is 20.0. The molecule has 0 bridgehead atoms. The van der Waals surface area contributed by atoms with Crippen molar-refractivity contribution in [3.63, 3.8) is 0 Å². The van der Waals surface area contributed by atoms with Crippen LogP contribution in [0.5, 0.6) is 11.5 Å². The van der Waals surface area contributed by atoms with Crippen LogP contribution < -0.4 is 5.32 Å². The monoisotopic (exact) mass is 486 g/mol. The maximum Gasteiger partial charge on any atom is 0.407 e. The van der Waals surface area contributed by atoms with Gasteiger partial charge in [0.15, 0.2) is 0 Å². The minimum Gasteiger partial charge on any atom is -0.508 e. The first-order valence-corrected chi connectivity index (χ1v) is 11.5. The summed E-state index contributed by atoms with van der Waals surface area (Å²) in [5, 5.41) is 30.0. The molecule has 0 aliphatic heterocycles. The van der Waals surface area contributed by atoms with Gasteiger partial charge >= 0.3 is 6.09 Å². The summed E-state index contributed by atoms with van der Waals surface area (Å²) in [5.74, 6) is -0.331. The van der Waals surface area contributed by atoms with Gasteiger partial charge in [-0.3, -0.25) is 0 Å². The summed E-state index contributed by atoms with van der Waals surface area (Å²) in [6.07, 6.45) is 2.44. The van der Waals surface area contributed by atoms with Gasteiger partial charge in [-0.05, 0) is 56.7 Å². The summed E-state index contributed by atoms with van der Waals surface area (Å²) in [6.45, 7) is 5.78. The first-order chi connectivity index (χ1) is 16.1. The van der Waals surface area contributed by atoms with E-state index in [4.69, 9.17) is 4.74 Å². The molecule has 3 N–H and O–H groups in total. The van der Waals surface area contributed by atoms with Gasteiger partial charge in [-0.25, -0.2) is 13.9 Å². The molecule has 1 amide bonds. The van der Waals surface area contributed by atoms with Crippen LogP contribution in [0.15, 0.2) is 65.5 Å². The third-order valence-electron chi connectivity index (χ3n) is 4.33. The van der Waals surface area contributed by atoms with Crippen LogP contribution in [0.1, 0.15) is 26.3 Å². The number of aromatic nitrogens is 3. The maximum atomic E-state index is 14.1. The second-order valence-corrected chi connectivity index (χ2v) is 9.56. The van der Waals surface area contributed by atoms with E-state index in [9.17, 15) is 19.4 Å². The Kier molecular flexibility index (Phi) is 8.17. The van der Waals surface area contributed by atoms with Gasteiger partial charge in [0.25, 0.3) is 0 Å². The molecule has 0 spiro atoms. The van der Waals surface area contributed by atoms with Crippen molar-refractivity contribution in [2.75, 3.05) is 12.3 Å². The smallest absolute Gasteiger partial charge is 0.407 e. The van der Waals surface area contributed by atoms with E-state index in [0.29, 0.717) is 17.8 Å². The largest absolute Gasteiger partial charge is 0.508 e. The number of phenols is 2. The molecule has 0 radical (unpaired) electrons. The number of amides is 1. The molecule has 0 fully saturated rings. The zero-order valence-electron chi connectivity index (χ0n) is 19.2.